The fourth-order valence-electron chi connectivity index (χ4n) is 3.72. The highest BCUT2D eigenvalue weighted by Gasteiger charge is 2.35. The van der Waals surface area contributed by atoms with Gasteiger partial charge in [-0.05, 0) is 88.2 Å². The van der Waals surface area contributed by atoms with E-state index in [4.69, 9.17) is 63.4 Å². The van der Waals surface area contributed by atoms with E-state index < -0.39 is 11.8 Å². The van der Waals surface area contributed by atoms with Gasteiger partial charge in [-0.15, -0.1) is 6.58 Å². The molecule has 1 heterocycles. The first-order chi connectivity index (χ1) is 18.1. The Labute approximate surface area is 253 Å². The van der Waals surface area contributed by atoms with E-state index in [2.05, 4.69) is 27.8 Å². The second kappa shape index (κ2) is 12.2. The molecule has 0 aromatic heterocycles. The summed E-state index contributed by atoms with van der Waals surface area (Å²) in [7, 11) is 0. The van der Waals surface area contributed by atoms with Gasteiger partial charge >= 0.3 is 0 Å². The zero-order valence-corrected chi connectivity index (χ0v) is 24.8. The SMILES string of the molecule is C=CCc1cc(/C=C2\C(=O)NC(=S)N(c3cccc(Cl)c3Cl)C2=O)cc(Br)c1OCc1ccc(Cl)cc1Cl. The molecule has 0 unspecified atom stereocenters. The third-order valence-electron chi connectivity index (χ3n) is 5.48. The number of hydrogen-bond acceptors (Lipinski definition) is 4. The lowest BCUT2D eigenvalue weighted by Crippen LogP contribution is -2.54. The first-order valence-electron chi connectivity index (χ1n) is 11.0. The van der Waals surface area contributed by atoms with Gasteiger partial charge in [-0.1, -0.05) is 64.6 Å². The van der Waals surface area contributed by atoms with Gasteiger partial charge in [0.15, 0.2) is 5.11 Å². The fraction of sp³-hybridized carbons (Fsp3) is 0.0741. The van der Waals surface area contributed by atoms with Crippen LogP contribution in [0.5, 0.6) is 5.75 Å². The number of benzene rings is 3. The van der Waals surface area contributed by atoms with E-state index in [0.29, 0.717) is 32.3 Å². The molecule has 38 heavy (non-hydrogen) atoms. The van der Waals surface area contributed by atoms with Crippen LogP contribution in [0.25, 0.3) is 6.08 Å². The Morgan fingerprint density at radius 3 is 2.50 bits per heavy atom. The molecule has 194 valence electrons. The zero-order chi connectivity index (χ0) is 27.6. The van der Waals surface area contributed by atoms with Crippen molar-refractivity contribution >= 4 is 103 Å². The number of anilines is 1. The summed E-state index contributed by atoms with van der Waals surface area (Å²) < 4.78 is 6.70. The summed E-state index contributed by atoms with van der Waals surface area (Å²) in [4.78, 5) is 27.3. The van der Waals surface area contributed by atoms with Crippen molar-refractivity contribution in [2.75, 3.05) is 4.90 Å². The van der Waals surface area contributed by atoms with Gasteiger partial charge < -0.3 is 4.74 Å². The second-order valence-corrected chi connectivity index (χ2v) is 10.9. The Kier molecular flexibility index (Phi) is 9.19. The number of halogens is 5. The molecule has 0 saturated carbocycles. The molecular weight excluding hydrogens is 654 g/mol. The summed E-state index contributed by atoms with van der Waals surface area (Å²) in [5.74, 6) is -0.693. The number of hydrogen-bond donors (Lipinski definition) is 1. The average Bonchev–Trinajstić information content (AvgIpc) is 2.85. The van der Waals surface area contributed by atoms with Gasteiger partial charge in [-0.3, -0.25) is 19.8 Å². The van der Waals surface area contributed by atoms with Crippen LogP contribution in [0.15, 0.2) is 71.2 Å². The topological polar surface area (TPSA) is 58.6 Å². The molecule has 2 amide bonds. The number of amides is 2. The third-order valence-corrected chi connectivity index (χ3v) is 7.75. The lowest BCUT2D eigenvalue weighted by atomic mass is 10.0. The molecular formula is C27H17BrCl4N2O3S. The van der Waals surface area contributed by atoms with E-state index in [1.165, 1.54) is 6.08 Å². The van der Waals surface area contributed by atoms with Crippen LogP contribution in [0.1, 0.15) is 16.7 Å². The molecule has 1 saturated heterocycles. The monoisotopic (exact) mass is 668 g/mol. The predicted octanol–water partition coefficient (Wildman–Crippen LogP) is 8.20. The van der Waals surface area contributed by atoms with Gasteiger partial charge in [0.05, 0.1) is 20.2 Å². The molecule has 5 nitrogen and oxygen atoms in total. The van der Waals surface area contributed by atoms with E-state index >= 15 is 0 Å². The van der Waals surface area contributed by atoms with E-state index in [1.54, 1.807) is 48.5 Å². The van der Waals surface area contributed by atoms with E-state index in [-0.39, 0.29) is 33.0 Å². The number of nitrogens with one attached hydrogen (secondary N) is 1. The van der Waals surface area contributed by atoms with E-state index in [1.807, 2.05) is 6.07 Å². The summed E-state index contributed by atoms with van der Waals surface area (Å²) in [5, 5.41) is 3.85. The summed E-state index contributed by atoms with van der Waals surface area (Å²) >= 11 is 33.5. The Hall–Kier alpha value is -2.39. The number of rotatable bonds is 7. The number of allylic oxidation sites excluding steroid dienone is 1. The van der Waals surface area contributed by atoms with Gasteiger partial charge in [0, 0.05) is 15.6 Å². The summed E-state index contributed by atoms with van der Waals surface area (Å²) in [6.07, 6.45) is 3.66. The minimum absolute atomic E-state index is 0.0977. The quantitative estimate of drug-likeness (QED) is 0.119. The number of nitrogens with zero attached hydrogens (tertiary/aromatic N) is 1. The average molecular weight is 671 g/mol. The Morgan fingerprint density at radius 1 is 1.03 bits per heavy atom. The van der Waals surface area contributed by atoms with Gasteiger partial charge in [-0.25, -0.2) is 0 Å². The first kappa shape index (κ1) is 28.6. The molecule has 1 aliphatic heterocycles. The first-order valence-corrected chi connectivity index (χ1v) is 13.7. The van der Waals surface area contributed by atoms with Crippen LogP contribution in [0, 0.1) is 0 Å². The second-order valence-electron chi connectivity index (χ2n) is 8.04. The molecule has 1 N–H and O–H groups in total. The Balaban J connectivity index is 1.69. The van der Waals surface area contributed by atoms with Crippen molar-refractivity contribution in [2.24, 2.45) is 0 Å². The van der Waals surface area contributed by atoms with Crippen LogP contribution in [0.2, 0.25) is 20.1 Å². The molecule has 1 aliphatic rings. The highest BCUT2D eigenvalue weighted by Crippen LogP contribution is 2.36. The molecule has 0 bridgehead atoms. The highest BCUT2D eigenvalue weighted by atomic mass is 79.9. The minimum atomic E-state index is -0.637. The lowest BCUT2D eigenvalue weighted by Gasteiger charge is -2.29. The van der Waals surface area contributed by atoms with Crippen LogP contribution in [-0.2, 0) is 22.6 Å². The van der Waals surface area contributed by atoms with Crippen LogP contribution >= 0.6 is 74.6 Å². The number of ether oxygens (including phenoxy) is 1. The van der Waals surface area contributed by atoms with E-state index in [9.17, 15) is 9.59 Å². The van der Waals surface area contributed by atoms with Crippen LogP contribution in [-0.4, -0.2) is 16.9 Å². The van der Waals surface area contributed by atoms with Crippen molar-refractivity contribution in [3.05, 3.63) is 108 Å². The van der Waals surface area contributed by atoms with Crippen molar-refractivity contribution in [3.8, 4) is 5.75 Å². The van der Waals surface area contributed by atoms with Crippen LogP contribution in [0.3, 0.4) is 0 Å². The van der Waals surface area contributed by atoms with Gasteiger partial charge in [0.2, 0.25) is 0 Å². The van der Waals surface area contributed by atoms with Crippen LogP contribution < -0.4 is 15.0 Å². The largest absolute Gasteiger partial charge is 0.487 e. The molecule has 0 aliphatic carbocycles. The lowest BCUT2D eigenvalue weighted by molar-refractivity contribution is -0.122. The molecule has 0 radical (unpaired) electrons. The summed E-state index contributed by atoms with van der Waals surface area (Å²) in [5.41, 5.74) is 2.25. The molecule has 3 aromatic rings. The maximum Gasteiger partial charge on any atom is 0.270 e. The molecule has 1 fully saturated rings. The van der Waals surface area contributed by atoms with E-state index in [0.717, 1.165) is 16.0 Å². The van der Waals surface area contributed by atoms with Crippen molar-refractivity contribution in [2.45, 2.75) is 13.0 Å². The number of thiocarbonyl (C=S) groups is 1. The van der Waals surface area contributed by atoms with Gasteiger partial charge in [-0.2, -0.15) is 0 Å². The number of carbonyl (C=O) groups is 2. The van der Waals surface area contributed by atoms with Crippen molar-refractivity contribution in [1.82, 2.24) is 5.32 Å². The Bertz CT molecular complexity index is 1530. The summed E-state index contributed by atoms with van der Waals surface area (Å²) in [6, 6.07) is 13.5. The van der Waals surface area contributed by atoms with Crippen molar-refractivity contribution < 1.29 is 14.3 Å². The smallest absolute Gasteiger partial charge is 0.270 e. The molecule has 0 spiro atoms. The summed E-state index contributed by atoms with van der Waals surface area (Å²) in [6.45, 7) is 4.02. The highest BCUT2D eigenvalue weighted by molar-refractivity contribution is 9.10. The fourth-order valence-corrected chi connectivity index (χ4v) is 5.47. The normalized spacial score (nSPS) is 14.6. The maximum absolute atomic E-state index is 13.4. The Morgan fingerprint density at radius 2 is 1.79 bits per heavy atom. The molecule has 4 rings (SSSR count). The third kappa shape index (κ3) is 6.09. The van der Waals surface area contributed by atoms with Gasteiger partial charge in [0.25, 0.3) is 11.8 Å². The molecule has 11 heteroatoms. The van der Waals surface area contributed by atoms with Crippen molar-refractivity contribution in [3.63, 3.8) is 0 Å². The minimum Gasteiger partial charge on any atom is -0.487 e. The molecule has 0 atom stereocenters. The predicted molar refractivity (Wildman–Crippen MR) is 162 cm³/mol. The van der Waals surface area contributed by atoms with Crippen LogP contribution in [0.4, 0.5) is 5.69 Å². The van der Waals surface area contributed by atoms with Gasteiger partial charge in [0.1, 0.15) is 17.9 Å². The maximum atomic E-state index is 13.4. The van der Waals surface area contributed by atoms with Crippen molar-refractivity contribution in [1.29, 1.82) is 0 Å². The standard InChI is InChI=1S/C27H17BrCl4N2O3S/c1-2-4-15-9-14(11-19(28)24(15)37-13-16-7-8-17(29)12-21(16)31)10-18-25(35)33-27(38)34(26(18)36)22-6-3-5-20(30)23(22)32/h2-3,5-12H,1,4,13H2,(H,33,35,38)/b18-10+. The zero-order valence-electron chi connectivity index (χ0n) is 19.4. The molecule has 3 aromatic carbocycles. The number of carbonyl (C=O) groups excluding carboxylic acids is 2.